The summed E-state index contributed by atoms with van der Waals surface area (Å²) in [4.78, 5) is 4.88. The number of nitrogens with two attached hydrogens (primary N) is 1. The quantitative estimate of drug-likeness (QED) is 0.935. The van der Waals surface area contributed by atoms with Crippen molar-refractivity contribution in [3.8, 4) is 11.5 Å². The molecular formula is C10H10F3N3OS. The number of nitrogens with zero attached hydrogens (tertiary/aromatic N) is 2. The summed E-state index contributed by atoms with van der Waals surface area (Å²) >= 11 is 1.36. The van der Waals surface area contributed by atoms with Crippen LogP contribution < -0.4 is 5.73 Å². The lowest BCUT2D eigenvalue weighted by atomic mass is 10.3. The van der Waals surface area contributed by atoms with Gasteiger partial charge in [-0.3, -0.25) is 0 Å². The first kappa shape index (κ1) is 12.9. The van der Waals surface area contributed by atoms with Crippen LogP contribution in [0.15, 0.2) is 10.6 Å². The molecule has 4 nitrogen and oxygen atoms in total. The third-order valence-corrected chi connectivity index (χ3v) is 3.09. The summed E-state index contributed by atoms with van der Waals surface area (Å²) < 4.78 is 41.0. The highest BCUT2D eigenvalue weighted by Gasteiger charge is 2.27. The zero-order valence-electron chi connectivity index (χ0n) is 9.41. The monoisotopic (exact) mass is 277 g/mol. The standard InChI is InChI=1S/C10H10F3N3OS/c1-5-4-6(8(14)18-5)9-15-7(16-17-9)2-3-10(11,12)13/h4H,2-3,14H2,1H3. The third kappa shape index (κ3) is 3.00. The highest BCUT2D eigenvalue weighted by atomic mass is 32.1. The Bertz CT molecular complexity index is 547. The van der Waals surface area contributed by atoms with Crippen molar-refractivity contribution in [3.63, 3.8) is 0 Å². The second-order valence-corrected chi connectivity index (χ2v) is 5.05. The van der Waals surface area contributed by atoms with Crippen LogP contribution in [0.5, 0.6) is 0 Å². The Morgan fingerprint density at radius 2 is 2.17 bits per heavy atom. The van der Waals surface area contributed by atoms with Gasteiger partial charge in [0, 0.05) is 11.3 Å². The van der Waals surface area contributed by atoms with E-state index in [1.807, 2.05) is 6.92 Å². The number of hydrogen-bond acceptors (Lipinski definition) is 5. The zero-order chi connectivity index (χ0) is 13.3. The lowest BCUT2D eigenvalue weighted by Crippen LogP contribution is -2.09. The van der Waals surface area contributed by atoms with Gasteiger partial charge in [-0.15, -0.1) is 11.3 Å². The number of alkyl halides is 3. The number of aryl methyl sites for hydroxylation is 2. The first-order valence-corrected chi connectivity index (χ1v) is 5.92. The molecule has 2 heterocycles. The molecule has 2 aromatic rings. The van der Waals surface area contributed by atoms with E-state index in [1.165, 1.54) is 11.3 Å². The Morgan fingerprint density at radius 1 is 1.44 bits per heavy atom. The Balaban J connectivity index is 2.13. The van der Waals surface area contributed by atoms with Crippen molar-refractivity contribution >= 4 is 16.3 Å². The van der Waals surface area contributed by atoms with Crippen LogP contribution in [0.25, 0.3) is 11.5 Å². The van der Waals surface area contributed by atoms with Crippen molar-refractivity contribution in [1.29, 1.82) is 0 Å². The highest BCUT2D eigenvalue weighted by molar-refractivity contribution is 7.16. The highest BCUT2D eigenvalue weighted by Crippen LogP contribution is 2.32. The molecule has 0 amide bonds. The Kier molecular flexibility index (Phi) is 3.29. The largest absolute Gasteiger partial charge is 0.390 e. The molecule has 2 rings (SSSR count). The van der Waals surface area contributed by atoms with Crippen molar-refractivity contribution in [2.45, 2.75) is 25.9 Å². The fraction of sp³-hybridized carbons (Fsp3) is 0.400. The lowest BCUT2D eigenvalue weighted by molar-refractivity contribution is -0.134. The van der Waals surface area contributed by atoms with E-state index in [1.54, 1.807) is 6.07 Å². The molecule has 8 heteroatoms. The summed E-state index contributed by atoms with van der Waals surface area (Å²) in [6.45, 7) is 1.87. The number of anilines is 1. The molecule has 0 aromatic carbocycles. The summed E-state index contributed by atoms with van der Waals surface area (Å²) in [5, 5.41) is 4.02. The van der Waals surface area contributed by atoms with Gasteiger partial charge < -0.3 is 10.3 Å². The average Bonchev–Trinajstić information content (AvgIpc) is 2.81. The van der Waals surface area contributed by atoms with Gasteiger partial charge in [0.05, 0.1) is 17.0 Å². The van der Waals surface area contributed by atoms with Crippen LogP contribution in [0.2, 0.25) is 0 Å². The van der Waals surface area contributed by atoms with Gasteiger partial charge in [-0.25, -0.2) is 0 Å². The van der Waals surface area contributed by atoms with Crippen LogP contribution in [0.3, 0.4) is 0 Å². The van der Waals surface area contributed by atoms with Gasteiger partial charge in [0.25, 0.3) is 5.89 Å². The van der Waals surface area contributed by atoms with Crippen LogP contribution in [-0.4, -0.2) is 16.3 Å². The Morgan fingerprint density at radius 3 is 2.72 bits per heavy atom. The fourth-order valence-electron chi connectivity index (χ4n) is 1.42. The Labute approximate surface area is 105 Å². The molecular weight excluding hydrogens is 267 g/mol. The smallest absolute Gasteiger partial charge is 0.389 e. The SMILES string of the molecule is Cc1cc(-c2nc(CCC(F)(F)F)no2)c(N)s1. The predicted molar refractivity (Wildman–Crippen MR) is 61.1 cm³/mol. The Hall–Kier alpha value is -1.57. The molecule has 0 spiro atoms. The van der Waals surface area contributed by atoms with E-state index in [9.17, 15) is 13.2 Å². The number of rotatable bonds is 3. The van der Waals surface area contributed by atoms with Crippen LogP contribution in [0.1, 0.15) is 17.1 Å². The minimum atomic E-state index is -4.22. The molecule has 0 fully saturated rings. The third-order valence-electron chi connectivity index (χ3n) is 2.21. The van der Waals surface area contributed by atoms with E-state index in [4.69, 9.17) is 10.3 Å². The van der Waals surface area contributed by atoms with Crippen molar-refractivity contribution in [2.24, 2.45) is 0 Å². The molecule has 18 heavy (non-hydrogen) atoms. The molecule has 0 bridgehead atoms. The van der Waals surface area contributed by atoms with Gasteiger partial charge in [-0.05, 0) is 13.0 Å². The van der Waals surface area contributed by atoms with E-state index < -0.39 is 12.6 Å². The maximum absolute atomic E-state index is 12.0. The first-order valence-electron chi connectivity index (χ1n) is 5.11. The minimum absolute atomic E-state index is 0.0329. The summed E-state index contributed by atoms with van der Waals surface area (Å²) in [5.74, 6) is 0.194. The van der Waals surface area contributed by atoms with Crippen molar-refractivity contribution in [3.05, 3.63) is 16.8 Å². The van der Waals surface area contributed by atoms with E-state index in [2.05, 4.69) is 10.1 Å². The maximum atomic E-state index is 12.0. The van der Waals surface area contributed by atoms with Gasteiger partial charge >= 0.3 is 6.18 Å². The average molecular weight is 277 g/mol. The molecule has 0 saturated heterocycles. The maximum Gasteiger partial charge on any atom is 0.389 e. The van der Waals surface area contributed by atoms with Gasteiger partial charge in [0.15, 0.2) is 5.82 Å². The molecule has 2 aromatic heterocycles. The molecule has 0 aliphatic heterocycles. The molecule has 0 unspecified atom stereocenters. The van der Waals surface area contributed by atoms with Crippen LogP contribution >= 0.6 is 11.3 Å². The summed E-state index contributed by atoms with van der Waals surface area (Å²) in [6, 6.07) is 1.76. The number of nitrogen functional groups attached to an aromatic ring is 1. The number of thiophene rings is 1. The van der Waals surface area contributed by atoms with Crippen LogP contribution in [-0.2, 0) is 6.42 Å². The number of halogens is 3. The van der Waals surface area contributed by atoms with Crippen LogP contribution in [0, 0.1) is 6.92 Å². The molecule has 0 atom stereocenters. The lowest BCUT2D eigenvalue weighted by Gasteiger charge is -2.01. The van der Waals surface area contributed by atoms with E-state index in [0.717, 1.165) is 4.88 Å². The van der Waals surface area contributed by atoms with Crippen molar-refractivity contribution < 1.29 is 17.7 Å². The van der Waals surface area contributed by atoms with E-state index in [0.29, 0.717) is 10.6 Å². The molecule has 0 aliphatic rings. The summed E-state index contributed by atoms with van der Waals surface area (Å²) in [5.41, 5.74) is 6.31. The minimum Gasteiger partial charge on any atom is -0.390 e. The molecule has 2 N–H and O–H groups in total. The molecule has 0 saturated carbocycles. The predicted octanol–water partition coefficient (Wildman–Crippen LogP) is 3.18. The van der Waals surface area contributed by atoms with E-state index in [-0.39, 0.29) is 18.1 Å². The number of aromatic nitrogens is 2. The summed E-state index contributed by atoms with van der Waals surface area (Å²) in [7, 11) is 0. The molecule has 0 aliphatic carbocycles. The fourth-order valence-corrected chi connectivity index (χ4v) is 2.20. The van der Waals surface area contributed by atoms with Gasteiger partial charge in [0.1, 0.15) is 0 Å². The van der Waals surface area contributed by atoms with Gasteiger partial charge in [-0.1, -0.05) is 5.16 Å². The second-order valence-electron chi connectivity index (χ2n) is 3.77. The number of hydrogen-bond donors (Lipinski definition) is 1. The zero-order valence-corrected chi connectivity index (χ0v) is 10.2. The van der Waals surface area contributed by atoms with E-state index >= 15 is 0 Å². The first-order chi connectivity index (χ1) is 8.35. The summed E-state index contributed by atoms with van der Waals surface area (Å²) in [6.07, 6.45) is -5.49. The molecule has 0 radical (unpaired) electrons. The second kappa shape index (κ2) is 4.60. The topological polar surface area (TPSA) is 64.9 Å². The van der Waals surface area contributed by atoms with Crippen molar-refractivity contribution in [2.75, 3.05) is 5.73 Å². The normalized spacial score (nSPS) is 12.0. The van der Waals surface area contributed by atoms with Gasteiger partial charge in [0.2, 0.25) is 0 Å². The van der Waals surface area contributed by atoms with Crippen molar-refractivity contribution in [1.82, 2.24) is 10.1 Å². The van der Waals surface area contributed by atoms with Crippen LogP contribution in [0.4, 0.5) is 18.2 Å². The van der Waals surface area contributed by atoms with Gasteiger partial charge in [-0.2, -0.15) is 18.2 Å². The molecule has 98 valence electrons.